The molecule has 0 unspecified atom stereocenters. The van der Waals surface area contributed by atoms with E-state index in [0.29, 0.717) is 31.2 Å². The van der Waals surface area contributed by atoms with Gasteiger partial charge >= 0.3 is 11.9 Å². The summed E-state index contributed by atoms with van der Waals surface area (Å²) in [7, 11) is 0. The Morgan fingerprint density at radius 2 is 1.91 bits per heavy atom. The average Bonchev–Trinajstić information content (AvgIpc) is 2.73. The summed E-state index contributed by atoms with van der Waals surface area (Å²) in [6.07, 6.45) is 4.05. The van der Waals surface area contributed by atoms with Gasteiger partial charge in [-0.3, -0.25) is 14.0 Å². The lowest BCUT2D eigenvalue weighted by atomic mass is 9.85. The van der Waals surface area contributed by atoms with E-state index in [9.17, 15) is 19.6 Å². The Balaban J connectivity index is 1.92. The predicted molar refractivity (Wildman–Crippen MR) is 120 cm³/mol. The van der Waals surface area contributed by atoms with Crippen LogP contribution in [0.4, 0.5) is 5.69 Å². The number of nitrogens with zero attached hydrogens (tertiary/aromatic N) is 2. The van der Waals surface area contributed by atoms with E-state index in [4.69, 9.17) is 9.47 Å². The highest BCUT2D eigenvalue weighted by Gasteiger charge is 2.32. The molecule has 8 nitrogen and oxygen atoms in total. The number of rotatable bonds is 5. The van der Waals surface area contributed by atoms with Gasteiger partial charge in [-0.25, -0.2) is 4.79 Å². The van der Waals surface area contributed by atoms with Crippen LogP contribution in [0.5, 0.6) is 0 Å². The van der Waals surface area contributed by atoms with Crippen LogP contribution in [0.2, 0.25) is 0 Å². The van der Waals surface area contributed by atoms with Gasteiger partial charge in [0.15, 0.2) is 0 Å². The van der Waals surface area contributed by atoms with Gasteiger partial charge in [0.25, 0.3) is 5.56 Å². The Morgan fingerprint density at radius 1 is 1.22 bits per heavy atom. The summed E-state index contributed by atoms with van der Waals surface area (Å²) in [5, 5.41) is 13.0. The SMILES string of the molecule is CCOC(=O)c1c(NC2CCC(C(=O)OC(C)(C)C)CC2)c(C#N)c(=O)n2ccccc12. The van der Waals surface area contributed by atoms with E-state index in [0.717, 1.165) is 0 Å². The van der Waals surface area contributed by atoms with Crippen LogP contribution in [-0.4, -0.2) is 34.6 Å². The fraction of sp³-hybridized carbons (Fsp3) is 0.500. The second-order valence-corrected chi connectivity index (χ2v) is 8.94. The third-order valence-corrected chi connectivity index (χ3v) is 5.46. The zero-order valence-corrected chi connectivity index (χ0v) is 18.9. The van der Waals surface area contributed by atoms with Gasteiger partial charge in [0.1, 0.15) is 22.8 Å². The van der Waals surface area contributed by atoms with Crippen LogP contribution in [0.25, 0.3) is 5.52 Å². The Labute approximate surface area is 187 Å². The van der Waals surface area contributed by atoms with Crippen molar-refractivity contribution >= 4 is 23.1 Å². The molecule has 2 aromatic heterocycles. The molecule has 1 aliphatic carbocycles. The van der Waals surface area contributed by atoms with Gasteiger partial charge in [-0.1, -0.05) is 6.07 Å². The predicted octanol–water partition coefficient (Wildman–Crippen LogP) is 3.66. The maximum Gasteiger partial charge on any atom is 0.342 e. The molecule has 32 heavy (non-hydrogen) atoms. The first-order chi connectivity index (χ1) is 15.2. The maximum atomic E-state index is 12.9. The molecule has 3 rings (SSSR count). The van der Waals surface area contributed by atoms with E-state index in [1.807, 2.05) is 26.8 Å². The van der Waals surface area contributed by atoms with Crippen molar-refractivity contribution in [1.82, 2.24) is 4.40 Å². The lowest BCUT2D eigenvalue weighted by Gasteiger charge is -2.31. The van der Waals surface area contributed by atoms with Gasteiger partial charge in [-0.15, -0.1) is 0 Å². The number of anilines is 1. The third-order valence-electron chi connectivity index (χ3n) is 5.46. The molecule has 1 N–H and O–H groups in total. The maximum absolute atomic E-state index is 12.9. The molecule has 0 spiro atoms. The standard InChI is InChI=1S/C24H29N3O5/c1-5-31-23(30)19-18-8-6-7-13-27(18)21(28)17(14-25)20(19)26-16-11-9-15(10-12-16)22(29)32-24(2,3)4/h6-8,13,15-16,26H,5,9-12H2,1-4H3. The largest absolute Gasteiger partial charge is 0.462 e. The quantitative estimate of drug-likeness (QED) is 0.708. The molecular formula is C24H29N3O5. The summed E-state index contributed by atoms with van der Waals surface area (Å²) in [5.74, 6) is -0.989. The topological polar surface area (TPSA) is 110 Å². The second-order valence-electron chi connectivity index (χ2n) is 8.94. The van der Waals surface area contributed by atoms with Crippen molar-refractivity contribution in [1.29, 1.82) is 5.26 Å². The highest BCUT2D eigenvalue weighted by Crippen LogP contribution is 2.31. The number of aromatic nitrogens is 1. The fourth-order valence-corrected chi connectivity index (χ4v) is 4.03. The van der Waals surface area contributed by atoms with Crippen molar-refractivity contribution < 1.29 is 19.1 Å². The van der Waals surface area contributed by atoms with Crippen LogP contribution in [0.1, 0.15) is 69.3 Å². The van der Waals surface area contributed by atoms with Crippen molar-refractivity contribution in [3.63, 3.8) is 0 Å². The first kappa shape index (κ1) is 23.3. The number of carbonyl (C=O) groups is 2. The molecule has 2 heterocycles. The van der Waals surface area contributed by atoms with Crippen LogP contribution in [0.15, 0.2) is 29.2 Å². The molecular weight excluding hydrogens is 410 g/mol. The Kier molecular flexibility index (Phi) is 6.87. The van der Waals surface area contributed by atoms with Crippen LogP contribution in [0.3, 0.4) is 0 Å². The summed E-state index contributed by atoms with van der Waals surface area (Å²) >= 11 is 0. The average molecular weight is 440 g/mol. The van der Waals surface area contributed by atoms with Crippen molar-refractivity contribution in [3.8, 4) is 6.07 Å². The molecule has 2 aromatic rings. The van der Waals surface area contributed by atoms with Crippen molar-refractivity contribution in [2.45, 2.75) is 65.0 Å². The molecule has 1 aliphatic rings. The number of nitrogens with one attached hydrogen (secondary N) is 1. The molecule has 0 bridgehead atoms. The van der Waals surface area contributed by atoms with Gasteiger partial charge in [0.2, 0.25) is 0 Å². The Morgan fingerprint density at radius 3 is 2.50 bits per heavy atom. The summed E-state index contributed by atoms with van der Waals surface area (Å²) < 4.78 is 12.0. The number of nitriles is 1. The van der Waals surface area contributed by atoms with E-state index in [-0.39, 0.29) is 41.4 Å². The Hall–Kier alpha value is -3.34. The minimum Gasteiger partial charge on any atom is -0.462 e. The first-order valence-corrected chi connectivity index (χ1v) is 10.9. The molecule has 1 saturated carbocycles. The Bertz CT molecular complexity index is 1120. The van der Waals surface area contributed by atoms with Crippen molar-refractivity contribution in [2.75, 3.05) is 11.9 Å². The highest BCUT2D eigenvalue weighted by atomic mass is 16.6. The number of ether oxygens (including phenoxy) is 2. The summed E-state index contributed by atoms with van der Waals surface area (Å²) in [4.78, 5) is 38.1. The van der Waals surface area contributed by atoms with Crippen LogP contribution >= 0.6 is 0 Å². The molecule has 0 amide bonds. The molecule has 0 radical (unpaired) electrons. The van der Waals surface area contributed by atoms with Gasteiger partial charge in [-0.2, -0.15) is 5.26 Å². The van der Waals surface area contributed by atoms with Gasteiger partial charge in [-0.05, 0) is 65.5 Å². The minimum atomic E-state index is -0.599. The van der Waals surface area contributed by atoms with Crippen molar-refractivity contribution in [2.24, 2.45) is 5.92 Å². The molecule has 0 saturated heterocycles. The van der Waals surface area contributed by atoms with Crippen LogP contribution in [-0.2, 0) is 14.3 Å². The molecule has 1 fully saturated rings. The number of fused-ring (bicyclic) bond motifs is 1. The fourth-order valence-electron chi connectivity index (χ4n) is 4.03. The van der Waals surface area contributed by atoms with Gasteiger partial charge in [0.05, 0.1) is 23.7 Å². The second kappa shape index (κ2) is 9.43. The minimum absolute atomic E-state index is 0.0977. The summed E-state index contributed by atoms with van der Waals surface area (Å²) in [6.45, 7) is 7.40. The van der Waals surface area contributed by atoms with E-state index in [1.165, 1.54) is 10.6 Å². The molecule has 0 aromatic carbocycles. The lowest BCUT2D eigenvalue weighted by molar-refractivity contribution is -0.161. The summed E-state index contributed by atoms with van der Waals surface area (Å²) in [5.41, 5.74) is -0.428. The van der Waals surface area contributed by atoms with Crippen LogP contribution in [0, 0.1) is 17.2 Å². The third kappa shape index (κ3) is 4.93. The smallest absolute Gasteiger partial charge is 0.342 e. The zero-order valence-electron chi connectivity index (χ0n) is 18.9. The van der Waals surface area contributed by atoms with Gasteiger partial charge in [0, 0.05) is 12.2 Å². The number of hydrogen-bond donors (Lipinski definition) is 1. The monoisotopic (exact) mass is 439 g/mol. The van der Waals surface area contributed by atoms with Gasteiger partial charge < -0.3 is 14.8 Å². The number of pyridine rings is 2. The van der Waals surface area contributed by atoms with Crippen molar-refractivity contribution in [3.05, 3.63) is 45.9 Å². The molecule has 0 atom stereocenters. The highest BCUT2D eigenvalue weighted by molar-refractivity contribution is 6.04. The molecule has 0 aliphatic heterocycles. The number of hydrogen-bond acceptors (Lipinski definition) is 7. The molecule has 8 heteroatoms. The normalized spacial score (nSPS) is 18.6. The van der Waals surface area contributed by atoms with E-state index < -0.39 is 17.1 Å². The number of carbonyl (C=O) groups excluding carboxylic acids is 2. The zero-order chi connectivity index (χ0) is 23.5. The van der Waals surface area contributed by atoms with E-state index in [1.54, 1.807) is 25.1 Å². The summed E-state index contributed by atoms with van der Waals surface area (Å²) in [6, 6.07) is 6.90. The van der Waals surface area contributed by atoms with Crippen LogP contribution < -0.4 is 10.9 Å². The number of esters is 2. The first-order valence-electron chi connectivity index (χ1n) is 10.9. The lowest BCUT2D eigenvalue weighted by Crippen LogP contribution is -2.35. The van der Waals surface area contributed by atoms with E-state index in [2.05, 4.69) is 5.32 Å². The van der Waals surface area contributed by atoms with E-state index >= 15 is 0 Å². The molecule has 170 valence electrons.